The topological polar surface area (TPSA) is 60.0 Å². The summed E-state index contributed by atoms with van der Waals surface area (Å²) in [5.74, 6) is 0.773. The normalized spacial score (nSPS) is 18.8. The Morgan fingerprint density at radius 3 is 2.78 bits per heavy atom. The summed E-state index contributed by atoms with van der Waals surface area (Å²) in [7, 11) is -1.01. The maximum Gasteiger partial charge on any atom is 0.155 e. The van der Waals surface area contributed by atoms with Crippen LogP contribution in [-0.2, 0) is 4.74 Å². The number of ether oxygens (including phenoxy) is 1. The lowest BCUT2D eigenvalue weighted by Crippen LogP contribution is -2.22. The van der Waals surface area contributed by atoms with Crippen LogP contribution in [0.15, 0.2) is 33.5 Å². The predicted molar refractivity (Wildman–Crippen MR) is 78.8 cm³/mol. The molecule has 0 atom stereocenters. The minimum absolute atomic E-state index is 0.505. The largest absolute Gasteiger partial charge is 0.402 e. The molecule has 2 N–H and O–H groups in total. The van der Waals surface area contributed by atoms with Crippen LogP contribution in [0.1, 0.15) is 6.42 Å². The third kappa shape index (κ3) is 3.65. The van der Waals surface area contributed by atoms with Crippen molar-refractivity contribution in [2.75, 3.05) is 13.2 Å². The van der Waals surface area contributed by atoms with E-state index in [0.29, 0.717) is 13.0 Å². The number of hydrogen-bond acceptors (Lipinski definition) is 4. The fraction of sp³-hybridized carbons (Fsp3) is 0.538. The van der Waals surface area contributed by atoms with Crippen molar-refractivity contribution in [3.05, 3.63) is 23.5 Å². The monoisotopic (exact) mass is 263 g/mol. The van der Waals surface area contributed by atoms with Crippen molar-refractivity contribution >= 4 is 19.6 Å². The zero-order chi connectivity index (χ0) is 13.2. The third-order valence-electron chi connectivity index (χ3n) is 2.86. The maximum atomic E-state index is 5.76. The molecule has 0 fully saturated rings. The molecule has 0 aromatic carbocycles. The molecule has 0 aromatic rings. The van der Waals surface area contributed by atoms with Crippen LogP contribution in [0.4, 0.5) is 0 Å². The summed E-state index contributed by atoms with van der Waals surface area (Å²) in [6.07, 6.45) is 4.52. The summed E-state index contributed by atoms with van der Waals surface area (Å²) in [5.41, 5.74) is 8.51. The summed E-state index contributed by atoms with van der Waals surface area (Å²) in [5, 5.41) is 0. The highest BCUT2D eigenvalue weighted by Crippen LogP contribution is 2.19. The summed E-state index contributed by atoms with van der Waals surface area (Å²) in [6, 6.07) is 1.17. The molecule has 5 heteroatoms. The molecule has 18 heavy (non-hydrogen) atoms. The molecule has 2 aliphatic rings. The van der Waals surface area contributed by atoms with Crippen LogP contribution < -0.4 is 5.73 Å². The van der Waals surface area contributed by atoms with Gasteiger partial charge < -0.3 is 10.5 Å². The highest BCUT2D eigenvalue weighted by molar-refractivity contribution is 6.76. The molecule has 1 aliphatic carbocycles. The molecule has 0 amide bonds. The summed E-state index contributed by atoms with van der Waals surface area (Å²) in [4.78, 5) is 8.90. The predicted octanol–water partition coefficient (Wildman–Crippen LogP) is 2.32. The van der Waals surface area contributed by atoms with E-state index in [0.717, 1.165) is 29.5 Å². The molecule has 2 rings (SSSR count). The fourth-order valence-corrected chi connectivity index (χ4v) is 2.51. The van der Waals surface area contributed by atoms with Gasteiger partial charge in [-0.1, -0.05) is 19.6 Å². The summed E-state index contributed by atoms with van der Waals surface area (Å²) >= 11 is 0. The number of fused-ring (bicyclic) bond motifs is 1. The molecular weight excluding hydrogens is 242 g/mol. The molecule has 98 valence electrons. The van der Waals surface area contributed by atoms with Crippen LogP contribution in [0, 0.1) is 0 Å². The van der Waals surface area contributed by atoms with Gasteiger partial charge in [-0.15, -0.1) is 0 Å². The molecular formula is C13H21N3OSi. The second kappa shape index (κ2) is 5.20. The Kier molecular flexibility index (Phi) is 3.82. The standard InChI is InChI=1S/C13H21N3OSi/c1-18(2,3)7-6-17-9-13-15-11-5-4-10(14)8-12(11)16-13/h4-5H,6-9,14H2,1-3H3. The Bertz CT molecular complexity index is 455. The van der Waals surface area contributed by atoms with Crippen molar-refractivity contribution in [2.24, 2.45) is 15.7 Å². The van der Waals surface area contributed by atoms with Gasteiger partial charge in [-0.2, -0.15) is 0 Å². The first-order chi connectivity index (χ1) is 8.44. The van der Waals surface area contributed by atoms with Crippen LogP contribution >= 0.6 is 0 Å². The second-order valence-corrected chi connectivity index (χ2v) is 11.5. The number of hydrogen-bond donors (Lipinski definition) is 1. The van der Waals surface area contributed by atoms with Crippen molar-refractivity contribution in [3.8, 4) is 0 Å². The van der Waals surface area contributed by atoms with E-state index in [1.54, 1.807) is 0 Å². The van der Waals surface area contributed by atoms with Gasteiger partial charge >= 0.3 is 0 Å². The van der Waals surface area contributed by atoms with Gasteiger partial charge in [0.25, 0.3) is 0 Å². The average molecular weight is 263 g/mol. The zero-order valence-corrected chi connectivity index (χ0v) is 12.4. The first kappa shape index (κ1) is 13.2. The van der Waals surface area contributed by atoms with Gasteiger partial charge in [-0.3, -0.25) is 0 Å². The lowest BCUT2D eigenvalue weighted by atomic mass is 10.1. The second-order valence-electron chi connectivity index (χ2n) is 5.92. The summed E-state index contributed by atoms with van der Waals surface area (Å²) in [6.45, 7) is 8.34. The minimum atomic E-state index is -1.01. The van der Waals surface area contributed by atoms with Crippen molar-refractivity contribution in [3.63, 3.8) is 0 Å². The first-order valence-corrected chi connectivity index (χ1v) is 10.0. The molecule has 0 bridgehead atoms. The molecule has 1 heterocycles. The summed E-state index contributed by atoms with van der Waals surface area (Å²) < 4.78 is 5.65. The molecule has 0 saturated heterocycles. The third-order valence-corrected chi connectivity index (χ3v) is 4.57. The molecule has 0 aromatic heterocycles. The van der Waals surface area contributed by atoms with E-state index in [2.05, 4.69) is 29.6 Å². The highest BCUT2D eigenvalue weighted by Gasteiger charge is 2.19. The van der Waals surface area contributed by atoms with E-state index in [4.69, 9.17) is 10.5 Å². The molecule has 0 radical (unpaired) electrons. The number of nitrogens with zero attached hydrogens (tertiary/aromatic N) is 2. The van der Waals surface area contributed by atoms with E-state index < -0.39 is 8.07 Å². The Labute approximate surface area is 109 Å². The Morgan fingerprint density at radius 2 is 2.06 bits per heavy atom. The van der Waals surface area contributed by atoms with Gasteiger partial charge in [-0.05, 0) is 18.2 Å². The van der Waals surface area contributed by atoms with Gasteiger partial charge in [0.05, 0.1) is 11.4 Å². The van der Waals surface area contributed by atoms with Crippen molar-refractivity contribution in [1.29, 1.82) is 0 Å². The van der Waals surface area contributed by atoms with Gasteiger partial charge in [0.2, 0.25) is 0 Å². The molecule has 0 saturated carbocycles. The fourth-order valence-electron chi connectivity index (χ4n) is 1.75. The van der Waals surface area contributed by atoms with Crippen LogP contribution in [0.5, 0.6) is 0 Å². The lowest BCUT2D eigenvalue weighted by molar-refractivity contribution is 0.186. The van der Waals surface area contributed by atoms with Crippen LogP contribution in [0.3, 0.4) is 0 Å². The minimum Gasteiger partial charge on any atom is -0.402 e. The Hall–Kier alpha value is -1.20. The van der Waals surface area contributed by atoms with Crippen molar-refractivity contribution in [1.82, 2.24) is 0 Å². The number of amidine groups is 1. The quantitative estimate of drug-likeness (QED) is 0.611. The van der Waals surface area contributed by atoms with Gasteiger partial charge in [-0.25, -0.2) is 9.98 Å². The van der Waals surface area contributed by atoms with Crippen LogP contribution in [0.25, 0.3) is 0 Å². The van der Waals surface area contributed by atoms with Gasteiger partial charge in [0, 0.05) is 26.8 Å². The molecule has 4 nitrogen and oxygen atoms in total. The first-order valence-electron chi connectivity index (χ1n) is 6.34. The molecule has 1 aliphatic heterocycles. The van der Waals surface area contributed by atoms with E-state index in [9.17, 15) is 0 Å². The SMILES string of the molecule is C[Si](C)(C)CCOCC1=NC2=CC=C(N)CC2=N1. The maximum absolute atomic E-state index is 5.76. The Morgan fingerprint density at radius 1 is 1.28 bits per heavy atom. The number of allylic oxidation sites excluding steroid dienone is 4. The van der Waals surface area contributed by atoms with Gasteiger partial charge in [0.15, 0.2) is 5.84 Å². The lowest BCUT2D eigenvalue weighted by Gasteiger charge is -2.14. The zero-order valence-electron chi connectivity index (χ0n) is 11.4. The van der Waals surface area contributed by atoms with E-state index >= 15 is 0 Å². The van der Waals surface area contributed by atoms with Crippen molar-refractivity contribution < 1.29 is 4.74 Å². The van der Waals surface area contributed by atoms with Gasteiger partial charge in [0.1, 0.15) is 6.61 Å². The van der Waals surface area contributed by atoms with E-state index in [1.807, 2.05) is 12.2 Å². The Balaban J connectivity index is 1.80. The number of aliphatic imine (C=N–C) groups is 2. The van der Waals surface area contributed by atoms with E-state index in [1.165, 1.54) is 6.04 Å². The van der Waals surface area contributed by atoms with E-state index in [-0.39, 0.29) is 0 Å². The molecule has 0 unspecified atom stereocenters. The van der Waals surface area contributed by atoms with Crippen LogP contribution in [-0.4, -0.2) is 32.8 Å². The smallest absolute Gasteiger partial charge is 0.155 e. The molecule has 0 spiro atoms. The number of rotatable bonds is 5. The highest BCUT2D eigenvalue weighted by atomic mass is 28.3. The number of nitrogens with two attached hydrogens (primary N) is 1. The van der Waals surface area contributed by atoms with Crippen LogP contribution in [0.2, 0.25) is 25.7 Å². The van der Waals surface area contributed by atoms with Crippen molar-refractivity contribution in [2.45, 2.75) is 32.1 Å². The average Bonchev–Trinajstić information content (AvgIpc) is 2.65.